The number of hydrogen-bond acceptors (Lipinski definition) is 2. The minimum absolute atomic E-state index is 0.0362. The molecule has 0 amide bonds. The van der Waals surface area contributed by atoms with Gasteiger partial charge in [0.05, 0.1) is 5.02 Å². The Labute approximate surface area is 93.2 Å². The van der Waals surface area contributed by atoms with E-state index in [2.05, 4.69) is 0 Å². The Morgan fingerprint density at radius 3 is 2.80 bits per heavy atom. The zero-order valence-corrected chi connectivity index (χ0v) is 9.22. The number of carbonyl (C=O) groups is 1. The average Bonchev–Trinajstić information content (AvgIpc) is 2.21. The molecule has 0 bridgehead atoms. The van der Waals surface area contributed by atoms with Crippen molar-refractivity contribution in [1.29, 1.82) is 0 Å². The lowest BCUT2D eigenvalue weighted by molar-refractivity contribution is 0.0974. The standard InChI is InChI=1S/C11H13ClFNO/c1-2-8(14)6-11(15)7-3-4-10(13)9(12)5-7/h3-5,8H,2,6,14H2,1H3. The maximum absolute atomic E-state index is 12.8. The second-order valence-electron chi connectivity index (χ2n) is 3.42. The lowest BCUT2D eigenvalue weighted by atomic mass is 10.0. The molecule has 0 radical (unpaired) electrons. The molecule has 0 spiro atoms. The number of rotatable bonds is 4. The van der Waals surface area contributed by atoms with Gasteiger partial charge >= 0.3 is 0 Å². The Kier molecular flexibility index (Phi) is 4.24. The second kappa shape index (κ2) is 5.24. The van der Waals surface area contributed by atoms with Gasteiger partial charge in [0.2, 0.25) is 0 Å². The van der Waals surface area contributed by atoms with Gasteiger partial charge in [-0.2, -0.15) is 0 Å². The van der Waals surface area contributed by atoms with Crippen LogP contribution >= 0.6 is 11.6 Å². The molecule has 1 aromatic carbocycles. The lowest BCUT2D eigenvalue weighted by Crippen LogP contribution is -2.22. The Bertz CT molecular complexity index is 368. The summed E-state index contributed by atoms with van der Waals surface area (Å²) >= 11 is 5.57. The van der Waals surface area contributed by atoms with Crippen LogP contribution in [0.2, 0.25) is 5.02 Å². The monoisotopic (exact) mass is 229 g/mol. The topological polar surface area (TPSA) is 43.1 Å². The van der Waals surface area contributed by atoms with Crippen LogP contribution in [0.4, 0.5) is 4.39 Å². The van der Waals surface area contributed by atoms with Crippen molar-refractivity contribution in [2.45, 2.75) is 25.8 Å². The predicted octanol–water partition coefficient (Wildman–Crippen LogP) is 2.79. The van der Waals surface area contributed by atoms with Gasteiger partial charge in [0.25, 0.3) is 0 Å². The molecule has 1 rings (SSSR count). The van der Waals surface area contributed by atoms with E-state index < -0.39 is 5.82 Å². The van der Waals surface area contributed by atoms with Gasteiger partial charge in [-0.15, -0.1) is 0 Å². The van der Waals surface area contributed by atoms with Gasteiger partial charge in [0.15, 0.2) is 5.78 Å². The van der Waals surface area contributed by atoms with E-state index in [1.165, 1.54) is 18.2 Å². The van der Waals surface area contributed by atoms with Gasteiger partial charge in [0, 0.05) is 18.0 Å². The average molecular weight is 230 g/mol. The highest BCUT2D eigenvalue weighted by atomic mass is 35.5. The molecule has 2 nitrogen and oxygen atoms in total. The molecule has 15 heavy (non-hydrogen) atoms. The van der Waals surface area contributed by atoms with Crippen molar-refractivity contribution in [3.8, 4) is 0 Å². The van der Waals surface area contributed by atoms with E-state index >= 15 is 0 Å². The van der Waals surface area contributed by atoms with Crippen LogP contribution < -0.4 is 5.73 Å². The molecule has 82 valence electrons. The Balaban J connectivity index is 2.78. The van der Waals surface area contributed by atoms with Crippen LogP contribution in [-0.4, -0.2) is 11.8 Å². The van der Waals surface area contributed by atoms with Gasteiger partial charge < -0.3 is 5.73 Å². The molecular weight excluding hydrogens is 217 g/mol. The summed E-state index contributed by atoms with van der Waals surface area (Å²) in [7, 11) is 0. The third-order valence-corrected chi connectivity index (χ3v) is 2.50. The number of ketones is 1. The summed E-state index contributed by atoms with van der Waals surface area (Å²) in [4.78, 5) is 11.6. The first kappa shape index (κ1) is 12.1. The van der Waals surface area contributed by atoms with Crippen LogP contribution in [0.25, 0.3) is 0 Å². The normalized spacial score (nSPS) is 12.5. The number of nitrogens with two attached hydrogens (primary N) is 1. The van der Waals surface area contributed by atoms with Gasteiger partial charge in [-0.3, -0.25) is 4.79 Å². The molecule has 1 aromatic rings. The molecule has 0 aliphatic rings. The van der Waals surface area contributed by atoms with E-state index in [0.29, 0.717) is 5.56 Å². The van der Waals surface area contributed by atoms with Crippen LogP contribution in [0.5, 0.6) is 0 Å². The summed E-state index contributed by atoms with van der Waals surface area (Å²) in [5.41, 5.74) is 6.06. The Morgan fingerprint density at radius 2 is 2.27 bits per heavy atom. The van der Waals surface area contributed by atoms with Gasteiger partial charge in [0.1, 0.15) is 5.82 Å². The number of hydrogen-bond donors (Lipinski definition) is 1. The molecule has 0 aromatic heterocycles. The van der Waals surface area contributed by atoms with Crippen LogP contribution in [0.15, 0.2) is 18.2 Å². The molecule has 0 aliphatic heterocycles. The van der Waals surface area contributed by atoms with Gasteiger partial charge in [-0.1, -0.05) is 18.5 Å². The first-order chi connectivity index (χ1) is 7.04. The molecule has 0 heterocycles. The molecule has 0 saturated heterocycles. The van der Waals surface area contributed by atoms with E-state index in [1.807, 2.05) is 6.92 Å². The molecule has 0 fully saturated rings. The predicted molar refractivity (Wildman–Crippen MR) is 58.6 cm³/mol. The van der Waals surface area contributed by atoms with Crippen LogP contribution in [-0.2, 0) is 0 Å². The lowest BCUT2D eigenvalue weighted by Gasteiger charge is -2.07. The van der Waals surface area contributed by atoms with Crippen molar-refractivity contribution >= 4 is 17.4 Å². The zero-order chi connectivity index (χ0) is 11.4. The molecule has 4 heteroatoms. The van der Waals surface area contributed by atoms with E-state index in [-0.39, 0.29) is 23.3 Å². The van der Waals surface area contributed by atoms with Crippen molar-refractivity contribution in [2.24, 2.45) is 5.73 Å². The fourth-order valence-corrected chi connectivity index (χ4v) is 1.35. The first-order valence-electron chi connectivity index (χ1n) is 4.78. The highest BCUT2D eigenvalue weighted by molar-refractivity contribution is 6.31. The van der Waals surface area contributed by atoms with Crippen molar-refractivity contribution < 1.29 is 9.18 Å². The van der Waals surface area contributed by atoms with E-state index in [1.54, 1.807) is 0 Å². The first-order valence-corrected chi connectivity index (χ1v) is 5.16. The van der Waals surface area contributed by atoms with E-state index in [9.17, 15) is 9.18 Å². The fraction of sp³-hybridized carbons (Fsp3) is 0.364. The smallest absolute Gasteiger partial charge is 0.164 e. The molecule has 0 saturated carbocycles. The summed E-state index contributed by atoms with van der Waals surface area (Å²) in [5.74, 6) is -0.626. The quantitative estimate of drug-likeness (QED) is 0.807. The van der Waals surface area contributed by atoms with Crippen LogP contribution in [0.3, 0.4) is 0 Å². The van der Waals surface area contributed by atoms with Crippen molar-refractivity contribution in [1.82, 2.24) is 0 Å². The van der Waals surface area contributed by atoms with E-state index in [4.69, 9.17) is 17.3 Å². The minimum Gasteiger partial charge on any atom is -0.327 e. The Morgan fingerprint density at radius 1 is 1.60 bits per heavy atom. The number of Topliss-reactive ketones (excluding diaryl/α,β-unsaturated/α-hetero) is 1. The molecule has 1 atom stereocenters. The number of benzene rings is 1. The van der Waals surface area contributed by atoms with E-state index in [0.717, 1.165) is 6.42 Å². The van der Waals surface area contributed by atoms with Crippen LogP contribution in [0, 0.1) is 5.82 Å². The zero-order valence-electron chi connectivity index (χ0n) is 8.47. The molecule has 2 N–H and O–H groups in total. The summed E-state index contributed by atoms with van der Waals surface area (Å²) in [5, 5.41) is -0.0362. The SMILES string of the molecule is CCC(N)CC(=O)c1ccc(F)c(Cl)c1. The molecule has 0 aliphatic carbocycles. The number of carbonyl (C=O) groups excluding carboxylic acids is 1. The van der Waals surface area contributed by atoms with Gasteiger partial charge in [-0.25, -0.2) is 4.39 Å². The van der Waals surface area contributed by atoms with Crippen molar-refractivity contribution in [3.63, 3.8) is 0 Å². The number of halogens is 2. The highest BCUT2D eigenvalue weighted by Crippen LogP contribution is 2.17. The highest BCUT2D eigenvalue weighted by Gasteiger charge is 2.11. The summed E-state index contributed by atoms with van der Waals surface area (Å²) in [6, 6.07) is 3.79. The fourth-order valence-electron chi connectivity index (χ4n) is 1.17. The Hall–Kier alpha value is -0.930. The third-order valence-electron chi connectivity index (χ3n) is 2.21. The molecule has 1 unspecified atom stereocenters. The van der Waals surface area contributed by atoms with Crippen molar-refractivity contribution in [3.05, 3.63) is 34.6 Å². The minimum atomic E-state index is -0.520. The van der Waals surface area contributed by atoms with Gasteiger partial charge in [-0.05, 0) is 24.6 Å². The maximum Gasteiger partial charge on any atom is 0.164 e. The summed E-state index contributed by atoms with van der Waals surface area (Å²) in [6.45, 7) is 1.91. The maximum atomic E-state index is 12.8. The second-order valence-corrected chi connectivity index (χ2v) is 3.83. The van der Waals surface area contributed by atoms with Crippen LogP contribution in [0.1, 0.15) is 30.1 Å². The summed E-state index contributed by atoms with van der Waals surface area (Å²) < 4.78 is 12.8. The van der Waals surface area contributed by atoms with Crippen molar-refractivity contribution in [2.75, 3.05) is 0 Å². The summed E-state index contributed by atoms with van der Waals surface area (Å²) in [6.07, 6.45) is 0.999. The molecular formula is C11H13ClFNO. The third kappa shape index (κ3) is 3.29. The largest absolute Gasteiger partial charge is 0.327 e.